The molecule has 0 radical (unpaired) electrons. The molecule has 2 N–H and O–H groups in total. The fourth-order valence-electron chi connectivity index (χ4n) is 4.08. The molecule has 1 aliphatic carbocycles. The number of rotatable bonds is 3. The highest BCUT2D eigenvalue weighted by molar-refractivity contribution is 5.80. The van der Waals surface area contributed by atoms with Gasteiger partial charge in [-0.25, -0.2) is 0 Å². The van der Waals surface area contributed by atoms with Crippen LogP contribution in [-0.4, -0.2) is 31.3 Å². The van der Waals surface area contributed by atoms with Gasteiger partial charge in [-0.05, 0) is 55.2 Å². The molecule has 0 aromatic heterocycles. The summed E-state index contributed by atoms with van der Waals surface area (Å²) in [5.74, 6) is 0.890. The average molecular weight is 299 g/mol. The van der Waals surface area contributed by atoms with Crippen LogP contribution in [0.25, 0.3) is 0 Å². The molecule has 0 saturated carbocycles. The number of ether oxygens (including phenoxy) is 1. The van der Waals surface area contributed by atoms with E-state index in [0.29, 0.717) is 18.2 Å². The lowest BCUT2D eigenvalue weighted by molar-refractivity contribution is 0.0992. The van der Waals surface area contributed by atoms with E-state index in [1.807, 2.05) is 7.05 Å². The number of nitrogens with zero attached hydrogens (tertiary/aromatic N) is 1. The number of hydrogen-bond acceptors (Lipinski definition) is 2. The van der Waals surface area contributed by atoms with Gasteiger partial charge in [0.15, 0.2) is 5.96 Å². The molecule has 1 aromatic carbocycles. The fraction of sp³-hybridized carbons (Fsp3) is 0.611. The summed E-state index contributed by atoms with van der Waals surface area (Å²) in [6.07, 6.45) is 8.16. The summed E-state index contributed by atoms with van der Waals surface area (Å²) in [7, 11) is 1.84. The van der Waals surface area contributed by atoms with Crippen molar-refractivity contribution in [3.05, 3.63) is 34.9 Å². The highest BCUT2D eigenvalue weighted by Crippen LogP contribution is 2.34. The van der Waals surface area contributed by atoms with E-state index >= 15 is 0 Å². The maximum absolute atomic E-state index is 5.90. The molecule has 3 atom stereocenters. The van der Waals surface area contributed by atoms with E-state index in [1.165, 1.54) is 48.8 Å². The van der Waals surface area contributed by atoms with E-state index in [-0.39, 0.29) is 0 Å². The van der Waals surface area contributed by atoms with Gasteiger partial charge in [0, 0.05) is 13.6 Å². The molecular weight excluding hydrogens is 274 g/mol. The lowest BCUT2D eigenvalue weighted by atomic mass is 9.96. The quantitative estimate of drug-likeness (QED) is 0.664. The lowest BCUT2D eigenvalue weighted by Crippen LogP contribution is -2.47. The zero-order valence-corrected chi connectivity index (χ0v) is 13.3. The van der Waals surface area contributed by atoms with Crippen LogP contribution in [0.3, 0.4) is 0 Å². The lowest BCUT2D eigenvalue weighted by Gasteiger charge is -2.22. The predicted molar refractivity (Wildman–Crippen MR) is 88.1 cm³/mol. The van der Waals surface area contributed by atoms with Crippen molar-refractivity contribution in [2.24, 2.45) is 4.99 Å². The minimum atomic E-state index is 0.378. The number of nitrogens with one attached hydrogen (secondary N) is 2. The summed E-state index contributed by atoms with van der Waals surface area (Å²) in [6.45, 7) is 0.828. The number of benzene rings is 1. The van der Waals surface area contributed by atoms with E-state index in [0.717, 1.165) is 18.9 Å². The summed E-state index contributed by atoms with van der Waals surface area (Å²) < 4.78 is 5.90. The third-order valence-electron chi connectivity index (χ3n) is 5.27. The van der Waals surface area contributed by atoms with Gasteiger partial charge in [-0.15, -0.1) is 0 Å². The SMILES string of the molecule is CN=C(NCc1ccc2c(c1)CCC2)NC1CC2CCC1O2. The van der Waals surface area contributed by atoms with Gasteiger partial charge in [-0.2, -0.15) is 0 Å². The maximum Gasteiger partial charge on any atom is 0.191 e. The minimum absolute atomic E-state index is 0.378. The summed E-state index contributed by atoms with van der Waals surface area (Å²) in [4.78, 5) is 4.36. The van der Waals surface area contributed by atoms with E-state index < -0.39 is 0 Å². The van der Waals surface area contributed by atoms with Gasteiger partial charge in [0.05, 0.1) is 18.2 Å². The van der Waals surface area contributed by atoms with Crippen LogP contribution in [0.2, 0.25) is 0 Å². The van der Waals surface area contributed by atoms with Crippen molar-refractivity contribution in [2.75, 3.05) is 7.05 Å². The highest BCUT2D eigenvalue weighted by Gasteiger charge is 2.41. The molecule has 22 heavy (non-hydrogen) atoms. The Morgan fingerprint density at radius 2 is 2.18 bits per heavy atom. The van der Waals surface area contributed by atoms with Crippen molar-refractivity contribution in [3.8, 4) is 0 Å². The van der Waals surface area contributed by atoms with Crippen molar-refractivity contribution in [1.29, 1.82) is 0 Å². The number of hydrogen-bond donors (Lipinski definition) is 2. The fourth-order valence-corrected chi connectivity index (χ4v) is 4.08. The first kappa shape index (κ1) is 14.1. The Kier molecular flexibility index (Phi) is 3.78. The van der Waals surface area contributed by atoms with E-state index in [9.17, 15) is 0 Å². The smallest absolute Gasteiger partial charge is 0.191 e. The van der Waals surface area contributed by atoms with Crippen LogP contribution in [0.4, 0.5) is 0 Å². The molecular formula is C18H25N3O. The van der Waals surface area contributed by atoms with Crippen molar-refractivity contribution < 1.29 is 4.74 Å². The summed E-state index contributed by atoms with van der Waals surface area (Å²) in [6, 6.07) is 7.30. The summed E-state index contributed by atoms with van der Waals surface area (Å²) in [5.41, 5.74) is 4.40. The molecule has 2 heterocycles. The first-order chi connectivity index (χ1) is 10.8. The van der Waals surface area contributed by atoms with Crippen LogP contribution in [-0.2, 0) is 24.1 Å². The molecule has 4 rings (SSSR count). The van der Waals surface area contributed by atoms with Crippen molar-refractivity contribution in [2.45, 2.75) is 63.3 Å². The summed E-state index contributed by atoms with van der Waals surface area (Å²) in [5, 5.41) is 6.98. The van der Waals surface area contributed by atoms with E-state index in [1.54, 1.807) is 0 Å². The molecule has 118 valence electrons. The van der Waals surface area contributed by atoms with Crippen LogP contribution in [0.5, 0.6) is 0 Å². The molecule has 0 amide bonds. The standard InChI is InChI=1S/C18H25N3O/c1-19-18(21-16-10-15-7-8-17(16)22-15)20-11-12-5-6-13-3-2-4-14(13)9-12/h5-6,9,15-17H,2-4,7-8,10-11H2,1H3,(H2,19,20,21). The molecule has 4 nitrogen and oxygen atoms in total. The molecule has 3 aliphatic rings. The maximum atomic E-state index is 5.90. The molecule has 3 unspecified atom stereocenters. The predicted octanol–water partition coefficient (Wildman–Crippen LogP) is 2.16. The second-order valence-corrected chi connectivity index (χ2v) is 6.74. The zero-order valence-electron chi connectivity index (χ0n) is 13.3. The Labute approximate surface area is 132 Å². The minimum Gasteiger partial charge on any atom is -0.373 e. The number of guanidine groups is 1. The zero-order chi connectivity index (χ0) is 14.9. The van der Waals surface area contributed by atoms with Gasteiger partial charge in [-0.1, -0.05) is 18.2 Å². The molecule has 4 heteroatoms. The van der Waals surface area contributed by atoms with Gasteiger partial charge >= 0.3 is 0 Å². The largest absolute Gasteiger partial charge is 0.373 e. The van der Waals surface area contributed by atoms with Crippen LogP contribution in [0, 0.1) is 0 Å². The Morgan fingerprint density at radius 3 is 2.95 bits per heavy atom. The third-order valence-corrected chi connectivity index (χ3v) is 5.27. The Balaban J connectivity index is 1.34. The second kappa shape index (κ2) is 5.92. The van der Waals surface area contributed by atoms with Gasteiger partial charge in [0.25, 0.3) is 0 Å². The average Bonchev–Trinajstić information content (AvgIpc) is 3.26. The Hall–Kier alpha value is -1.55. The van der Waals surface area contributed by atoms with Gasteiger partial charge < -0.3 is 15.4 Å². The highest BCUT2D eigenvalue weighted by atomic mass is 16.5. The molecule has 2 saturated heterocycles. The molecule has 2 fully saturated rings. The third kappa shape index (κ3) is 2.72. The van der Waals surface area contributed by atoms with E-state index in [4.69, 9.17) is 4.74 Å². The van der Waals surface area contributed by atoms with Gasteiger partial charge in [-0.3, -0.25) is 4.99 Å². The van der Waals surface area contributed by atoms with Gasteiger partial charge in [0.2, 0.25) is 0 Å². The number of aliphatic imine (C=N–C) groups is 1. The molecule has 1 aromatic rings. The summed E-state index contributed by atoms with van der Waals surface area (Å²) >= 11 is 0. The van der Waals surface area contributed by atoms with Crippen LogP contribution in [0.15, 0.2) is 23.2 Å². The molecule has 0 spiro atoms. The second-order valence-electron chi connectivity index (χ2n) is 6.74. The van der Waals surface area contributed by atoms with Crippen molar-refractivity contribution in [1.82, 2.24) is 10.6 Å². The van der Waals surface area contributed by atoms with Crippen LogP contribution < -0.4 is 10.6 Å². The Bertz CT molecular complexity index is 584. The van der Waals surface area contributed by atoms with E-state index in [2.05, 4.69) is 33.8 Å². The van der Waals surface area contributed by atoms with Crippen LogP contribution in [0.1, 0.15) is 42.4 Å². The molecule has 2 bridgehead atoms. The monoisotopic (exact) mass is 299 g/mol. The first-order valence-electron chi connectivity index (χ1n) is 8.55. The number of fused-ring (bicyclic) bond motifs is 3. The van der Waals surface area contributed by atoms with Crippen LogP contribution >= 0.6 is 0 Å². The normalized spacial score (nSPS) is 29.7. The topological polar surface area (TPSA) is 45.7 Å². The van der Waals surface area contributed by atoms with Crippen molar-refractivity contribution in [3.63, 3.8) is 0 Å². The first-order valence-corrected chi connectivity index (χ1v) is 8.55. The Morgan fingerprint density at radius 1 is 1.27 bits per heavy atom. The molecule has 2 aliphatic heterocycles. The van der Waals surface area contributed by atoms with Gasteiger partial charge in [0.1, 0.15) is 0 Å². The number of aryl methyl sites for hydroxylation is 2. The van der Waals surface area contributed by atoms with Crippen molar-refractivity contribution >= 4 is 5.96 Å².